The van der Waals surface area contributed by atoms with Crippen molar-refractivity contribution in [3.63, 3.8) is 0 Å². The molecule has 0 aliphatic rings. The minimum Gasteiger partial charge on any atom is -0.276 e. The summed E-state index contributed by atoms with van der Waals surface area (Å²) in [7, 11) is 0. The summed E-state index contributed by atoms with van der Waals surface area (Å²) >= 11 is 6.10. The Hall–Kier alpha value is -3.58. The molecule has 0 fully saturated rings. The molecule has 3 aromatic rings. The number of rotatable bonds is 5. The van der Waals surface area contributed by atoms with E-state index in [1.54, 1.807) is 36.4 Å². The summed E-state index contributed by atoms with van der Waals surface area (Å²) in [5.41, 5.74) is 4.71. The molecule has 0 bridgehead atoms. The number of para-hydroxylation sites is 1. The maximum absolute atomic E-state index is 10.8. The van der Waals surface area contributed by atoms with Gasteiger partial charge in [0.1, 0.15) is 5.69 Å². The van der Waals surface area contributed by atoms with Crippen molar-refractivity contribution in [2.45, 2.75) is 0 Å². The third-order valence-electron chi connectivity index (χ3n) is 3.51. The molecule has 0 heterocycles. The number of nitrogens with one attached hydrogen (secondary N) is 1. The Labute approximate surface area is 160 Å². The van der Waals surface area contributed by atoms with E-state index in [4.69, 9.17) is 11.6 Å². The molecule has 0 aromatic heterocycles. The average Bonchev–Trinajstić information content (AvgIpc) is 2.70. The topological polar surface area (TPSA) is 92.2 Å². The van der Waals surface area contributed by atoms with Crippen molar-refractivity contribution in [1.29, 1.82) is 0 Å². The van der Waals surface area contributed by atoms with Crippen molar-refractivity contribution in [2.75, 3.05) is 5.43 Å². The second-order valence-electron chi connectivity index (χ2n) is 5.37. The lowest BCUT2D eigenvalue weighted by molar-refractivity contribution is -0.384. The molecule has 0 amide bonds. The first-order valence-electron chi connectivity index (χ1n) is 7.93. The highest BCUT2D eigenvalue weighted by molar-refractivity contribution is 6.32. The Bertz CT molecular complexity index is 988. The molecular formula is C19H14ClN5O2. The van der Waals surface area contributed by atoms with Gasteiger partial charge in [0.2, 0.25) is 5.84 Å². The van der Waals surface area contributed by atoms with E-state index in [0.717, 1.165) is 5.69 Å². The number of halogens is 1. The third kappa shape index (κ3) is 4.96. The van der Waals surface area contributed by atoms with Gasteiger partial charge in [0.15, 0.2) is 0 Å². The summed E-state index contributed by atoms with van der Waals surface area (Å²) < 4.78 is 0. The van der Waals surface area contributed by atoms with Crippen molar-refractivity contribution >= 4 is 34.5 Å². The summed E-state index contributed by atoms with van der Waals surface area (Å²) in [5, 5.41) is 23.9. The zero-order valence-corrected chi connectivity index (χ0v) is 14.7. The van der Waals surface area contributed by atoms with Gasteiger partial charge in [-0.25, -0.2) is 0 Å². The van der Waals surface area contributed by atoms with E-state index in [0.29, 0.717) is 16.3 Å². The maximum atomic E-state index is 10.8. The number of hydrazone groups is 1. The molecule has 0 spiro atoms. The summed E-state index contributed by atoms with van der Waals surface area (Å²) in [6.07, 6.45) is 0. The molecule has 8 heteroatoms. The fourth-order valence-corrected chi connectivity index (χ4v) is 2.31. The van der Waals surface area contributed by atoms with E-state index in [2.05, 4.69) is 20.8 Å². The van der Waals surface area contributed by atoms with Crippen LogP contribution in [0.3, 0.4) is 0 Å². The number of hydrogen-bond acceptors (Lipinski definition) is 5. The number of nitro groups is 1. The molecule has 0 unspecified atom stereocenters. The fraction of sp³-hybridized carbons (Fsp3) is 0. The van der Waals surface area contributed by atoms with Gasteiger partial charge in [0.25, 0.3) is 5.69 Å². The number of nitrogens with zero attached hydrogens (tertiary/aromatic N) is 4. The number of nitro benzene ring substituents is 1. The van der Waals surface area contributed by atoms with Gasteiger partial charge in [-0.2, -0.15) is 5.10 Å². The zero-order valence-electron chi connectivity index (χ0n) is 14.0. The number of benzene rings is 3. The third-order valence-corrected chi connectivity index (χ3v) is 3.83. The van der Waals surface area contributed by atoms with Crippen LogP contribution in [0.4, 0.5) is 17.1 Å². The highest BCUT2D eigenvalue weighted by Crippen LogP contribution is 2.24. The van der Waals surface area contributed by atoms with Crippen LogP contribution in [-0.2, 0) is 0 Å². The van der Waals surface area contributed by atoms with Crippen LogP contribution in [-0.4, -0.2) is 10.8 Å². The number of hydrogen-bond donors (Lipinski definition) is 1. The van der Waals surface area contributed by atoms with Crippen molar-refractivity contribution in [3.05, 3.63) is 99.6 Å². The summed E-state index contributed by atoms with van der Waals surface area (Å²) in [4.78, 5) is 10.4. The standard InChI is InChI=1S/C19H14ClN5O2/c20-17-8-4-5-9-18(17)22-24-19(23-21-15-6-2-1-3-7-15)14-10-12-16(13-11-14)25(26)27/h1-13,21H/b23-19-,24-22?. The van der Waals surface area contributed by atoms with Crippen LogP contribution in [0, 0.1) is 10.1 Å². The van der Waals surface area contributed by atoms with Gasteiger partial charge in [-0.05, 0) is 36.4 Å². The van der Waals surface area contributed by atoms with Crippen molar-refractivity contribution in [1.82, 2.24) is 0 Å². The average molecular weight is 380 g/mol. The van der Waals surface area contributed by atoms with Crippen LogP contribution < -0.4 is 5.43 Å². The van der Waals surface area contributed by atoms with Crippen LogP contribution >= 0.6 is 11.6 Å². The fourth-order valence-electron chi connectivity index (χ4n) is 2.14. The maximum Gasteiger partial charge on any atom is 0.269 e. The molecule has 134 valence electrons. The molecule has 3 rings (SSSR count). The first kappa shape index (κ1) is 18.2. The highest BCUT2D eigenvalue weighted by atomic mass is 35.5. The first-order chi connectivity index (χ1) is 13.1. The summed E-state index contributed by atoms with van der Waals surface area (Å²) in [6.45, 7) is 0. The lowest BCUT2D eigenvalue weighted by Gasteiger charge is -2.03. The van der Waals surface area contributed by atoms with Crippen LogP contribution in [0.15, 0.2) is 94.2 Å². The number of amidine groups is 1. The Morgan fingerprint density at radius 1 is 0.926 bits per heavy atom. The monoisotopic (exact) mass is 379 g/mol. The van der Waals surface area contributed by atoms with Crippen LogP contribution in [0.1, 0.15) is 5.56 Å². The van der Waals surface area contributed by atoms with Crippen LogP contribution in [0.2, 0.25) is 5.02 Å². The van der Waals surface area contributed by atoms with Gasteiger partial charge in [-0.1, -0.05) is 41.9 Å². The first-order valence-corrected chi connectivity index (χ1v) is 8.31. The minimum absolute atomic E-state index is 0.0165. The molecule has 0 aliphatic carbocycles. The lowest BCUT2D eigenvalue weighted by Crippen LogP contribution is -2.01. The Kier molecular flexibility index (Phi) is 5.86. The molecule has 0 aliphatic heterocycles. The van der Waals surface area contributed by atoms with Crippen LogP contribution in [0.5, 0.6) is 0 Å². The zero-order chi connectivity index (χ0) is 19.1. The predicted octanol–water partition coefficient (Wildman–Crippen LogP) is 5.81. The van der Waals surface area contributed by atoms with Crippen molar-refractivity contribution in [3.8, 4) is 0 Å². The van der Waals surface area contributed by atoms with Gasteiger partial charge in [-0.15, -0.1) is 10.2 Å². The van der Waals surface area contributed by atoms with Gasteiger partial charge in [0, 0.05) is 17.7 Å². The van der Waals surface area contributed by atoms with Gasteiger partial charge in [0.05, 0.1) is 15.6 Å². The van der Waals surface area contributed by atoms with Crippen molar-refractivity contribution in [2.24, 2.45) is 15.3 Å². The second-order valence-corrected chi connectivity index (χ2v) is 5.78. The van der Waals surface area contributed by atoms with Crippen LogP contribution in [0.25, 0.3) is 0 Å². The second kappa shape index (κ2) is 8.68. The quantitative estimate of drug-likeness (QED) is 0.199. The highest BCUT2D eigenvalue weighted by Gasteiger charge is 2.08. The number of anilines is 1. The minimum atomic E-state index is -0.464. The molecule has 27 heavy (non-hydrogen) atoms. The van der Waals surface area contributed by atoms with E-state index >= 15 is 0 Å². The molecule has 0 saturated heterocycles. The summed E-state index contributed by atoms with van der Waals surface area (Å²) in [6, 6.07) is 22.3. The molecule has 1 N–H and O–H groups in total. The SMILES string of the molecule is O=[N+]([O-])c1ccc(/C(N=Nc2ccccc2Cl)=N/Nc2ccccc2)cc1. The van der Waals surface area contributed by atoms with E-state index in [1.807, 2.05) is 30.3 Å². The Morgan fingerprint density at radius 2 is 1.59 bits per heavy atom. The normalized spacial score (nSPS) is 11.5. The molecule has 0 radical (unpaired) electrons. The Morgan fingerprint density at radius 3 is 2.26 bits per heavy atom. The van der Waals surface area contributed by atoms with Gasteiger partial charge < -0.3 is 0 Å². The number of non-ortho nitro benzene ring substituents is 1. The van der Waals surface area contributed by atoms with E-state index in [9.17, 15) is 10.1 Å². The molecule has 0 atom stereocenters. The Balaban J connectivity index is 1.93. The number of azo groups is 1. The summed E-state index contributed by atoms with van der Waals surface area (Å²) in [5.74, 6) is 0.258. The molecule has 7 nitrogen and oxygen atoms in total. The largest absolute Gasteiger partial charge is 0.276 e. The smallest absolute Gasteiger partial charge is 0.269 e. The van der Waals surface area contributed by atoms with Crippen molar-refractivity contribution < 1.29 is 4.92 Å². The molecule has 3 aromatic carbocycles. The molecular weight excluding hydrogens is 366 g/mol. The van der Waals surface area contributed by atoms with E-state index in [-0.39, 0.29) is 11.5 Å². The molecule has 0 saturated carbocycles. The van der Waals surface area contributed by atoms with E-state index in [1.165, 1.54) is 12.1 Å². The lowest BCUT2D eigenvalue weighted by atomic mass is 10.2. The van der Waals surface area contributed by atoms with Gasteiger partial charge >= 0.3 is 0 Å². The van der Waals surface area contributed by atoms with Gasteiger partial charge in [-0.3, -0.25) is 15.5 Å². The van der Waals surface area contributed by atoms with E-state index < -0.39 is 4.92 Å². The predicted molar refractivity (Wildman–Crippen MR) is 106 cm³/mol.